The van der Waals surface area contributed by atoms with Gasteiger partial charge in [0.2, 0.25) is 0 Å². The number of amides is 1. The largest absolute Gasteiger partial charge is 0.467 e. The van der Waals surface area contributed by atoms with Gasteiger partial charge in [0.15, 0.2) is 0 Å². The Kier molecular flexibility index (Phi) is 6.86. The van der Waals surface area contributed by atoms with Crippen molar-refractivity contribution in [2.45, 2.75) is 39.2 Å². The standard InChI is InChI=1S/C24H27NO2/c1-2-3-8-21-12-14-22(15-13-21)24(26)25(19-23-11-7-18-27-23)17-16-20-9-5-4-6-10-20/h4-7,9-15,18H,2-3,8,16-17,19H2,1H3. The fraction of sp³-hybridized carbons (Fsp3) is 0.292. The molecular formula is C24H27NO2. The maximum atomic E-state index is 13.1. The molecule has 2 aromatic carbocycles. The Balaban J connectivity index is 1.71. The Morgan fingerprint density at radius 1 is 0.889 bits per heavy atom. The lowest BCUT2D eigenvalue weighted by Gasteiger charge is -2.22. The van der Waals surface area contributed by atoms with Gasteiger partial charge in [-0.1, -0.05) is 55.8 Å². The van der Waals surface area contributed by atoms with Crippen LogP contribution in [0.3, 0.4) is 0 Å². The summed E-state index contributed by atoms with van der Waals surface area (Å²) in [7, 11) is 0. The van der Waals surface area contributed by atoms with Gasteiger partial charge in [0.05, 0.1) is 12.8 Å². The van der Waals surface area contributed by atoms with Gasteiger partial charge in [0, 0.05) is 12.1 Å². The number of benzene rings is 2. The molecule has 0 aliphatic carbocycles. The van der Waals surface area contributed by atoms with Gasteiger partial charge >= 0.3 is 0 Å². The summed E-state index contributed by atoms with van der Waals surface area (Å²) in [4.78, 5) is 15.0. The van der Waals surface area contributed by atoms with Crippen LogP contribution < -0.4 is 0 Å². The molecule has 0 aliphatic heterocycles. The minimum atomic E-state index is 0.0457. The Morgan fingerprint density at radius 3 is 2.30 bits per heavy atom. The summed E-state index contributed by atoms with van der Waals surface area (Å²) >= 11 is 0. The summed E-state index contributed by atoms with van der Waals surface area (Å²) in [6, 6.07) is 22.1. The smallest absolute Gasteiger partial charge is 0.254 e. The van der Waals surface area contributed by atoms with Crippen molar-refractivity contribution in [1.82, 2.24) is 4.90 Å². The number of unbranched alkanes of at least 4 members (excludes halogenated alkanes) is 1. The van der Waals surface area contributed by atoms with Gasteiger partial charge in [0.25, 0.3) is 5.91 Å². The van der Waals surface area contributed by atoms with E-state index in [-0.39, 0.29) is 5.91 Å². The molecule has 3 nitrogen and oxygen atoms in total. The van der Waals surface area contributed by atoms with E-state index in [1.165, 1.54) is 24.0 Å². The molecule has 0 saturated carbocycles. The van der Waals surface area contributed by atoms with Gasteiger partial charge in [-0.15, -0.1) is 0 Å². The van der Waals surface area contributed by atoms with E-state index in [0.717, 1.165) is 24.2 Å². The molecule has 140 valence electrons. The van der Waals surface area contributed by atoms with Crippen LogP contribution in [0.2, 0.25) is 0 Å². The molecule has 1 amide bonds. The van der Waals surface area contributed by atoms with Crippen molar-refractivity contribution in [1.29, 1.82) is 0 Å². The normalized spacial score (nSPS) is 10.7. The monoisotopic (exact) mass is 361 g/mol. The van der Waals surface area contributed by atoms with E-state index in [1.54, 1.807) is 6.26 Å². The average molecular weight is 361 g/mol. The molecule has 0 saturated heterocycles. The second kappa shape index (κ2) is 9.77. The van der Waals surface area contributed by atoms with Gasteiger partial charge in [0.1, 0.15) is 5.76 Å². The second-order valence-corrected chi connectivity index (χ2v) is 6.84. The third kappa shape index (κ3) is 5.58. The zero-order valence-corrected chi connectivity index (χ0v) is 15.9. The molecule has 0 spiro atoms. The summed E-state index contributed by atoms with van der Waals surface area (Å²) in [5.74, 6) is 0.848. The molecule has 0 bridgehead atoms. The van der Waals surface area contributed by atoms with E-state index in [4.69, 9.17) is 4.42 Å². The lowest BCUT2D eigenvalue weighted by atomic mass is 10.1. The van der Waals surface area contributed by atoms with E-state index in [2.05, 4.69) is 31.2 Å². The van der Waals surface area contributed by atoms with Crippen molar-refractivity contribution in [2.24, 2.45) is 0 Å². The summed E-state index contributed by atoms with van der Waals surface area (Å²) in [6.45, 7) is 3.33. The number of hydrogen-bond acceptors (Lipinski definition) is 2. The van der Waals surface area contributed by atoms with Crippen LogP contribution in [-0.2, 0) is 19.4 Å². The fourth-order valence-electron chi connectivity index (χ4n) is 3.13. The van der Waals surface area contributed by atoms with Crippen LogP contribution in [-0.4, -0.2) is 17.4 Å². The van der Waals surface area contributed by atoms with Crippen LogP contribution in [0.1, 0.15) is 47.0 Å². The molecule has 1 heterocycles. The molecule has 1 aromatic heterocycles. The number of nitrogens with zero attached hydrogens (tertiary/aromatic N) is 1. The number of carbonyl (C=O) groups is 1. The van der Waals surface area contributed by atoms with Crippen LogP contribution in [0, 0.1) is 0 Å². The quantitative estimate of drug-likeness (QED) is 0.504. The molecule has 0 atom stereocenters. The molecule has 0 radical (unpaired) electrons. The van der Waals surface area contributed by atoms with Crippen LogP contribution in [0.15, 0.2) is 77.4 Å². The van der Waals surface area contributed by atoms with Gasteiger partial charge < -0.3 is 9.32 Å². The number of rotatable bonds is 9. The van der Waals surface area contributed by atoms with Crippen LogP contribution in [0.4, 0.5) is 0 Å². The highest BCUT2D eigenvalue weighted by Gasteiger charge is 2.17. The summed E-state index contributed by atoms with van der Waals surface area (Å²) < 4.78 is 5.47. The zero-order chi connectivity index (χ0) is 18.9. The van der Waals surface area contributed by atoms with Crippen molar-refractivity contribution < 1.29 is 9.21 Å². The van der Waals surface area contributed by atoms with Crippen molar-refractivity contribution in [3.05, 3.63) is 95.4 Å². The summed E-state index contributed by atoms with van der Waals surface area (Å²) in [5, 5.41) is 0. The molecular weight excluding hydrogens is 334 g/mol. The third-order valence-corrected chi connectivity index (χ3v) is 4.75. The van der Waals surface area contributed by atoms with Crippen molar-refractivity contribution in [3.63, 3.8) is 0 Å². The Bertz CT molecular complexity index is 807. The van der Waals surface area contributed by atoms with E-state index in [9.17, 15) is 4.79 Å². The Hall–Kier alpha value is -2.81. The minimum absolute atomic E-state index is 0.0457. The summed E-state index contributed by atoms with van der Waals surface area (Å²) in [5.41, 5.74) is 3.25. The molecule has 3 rings (SSSR count). The lowest BCUT2D eigenvalue weighted by Crippen LogP contribution is -2.32. The molecule has 0 N–H and O–H groups in total. The molecule has 3 aromatic rings. The van der Waals surface area contributed by atoms with Gasteiger partial charge in [-0.3, -0.25) is 4.79 Å². The first-order valence-corrected chi connectivity index (χ1v) is 9.71. The highest BCUT2D eigenvalue weighted by atomic mass is 16.3. The van der Waals surface area contributed by atoms with Crippen molar-refractivity contribution >= 4 is 5.91 Å². The number of furan rings is 1. The first-order chi connectivity index (χ1) is 13.3. The number of hydrogen-bond donors (Lipinski definition) is 0. The highest BCUT2D eigenvalue weighted by molar-refractivity contribution is 5.94. The first kappa shape index (κ1) is 19.0. The van der Waals surface area contributed by atoms with Crippen molar-refractivity contribution in [3.8, 4) is 0 Å². The SMILES string of the molecule is CCCCc1ccc(C(=O)N(CCc2ccccc2)Cc2ccco2)cc1. The molecule has 27 heavy (non-hydrogen) atoms. The number of aryl methyl sites for hydroxylation is 1. The highest BCUT2D eigenvalue weighted by Crippen LogP contribution is 2.14. The third-order valence-electron chi connectivity index (χ3n) is 4.75. The molecule has 0 aliphatic rings. The van der Waals surface area contributed by atoms with Gasteiger partial charge in [-0.2, -0.15) is 0 Å². The Labute approximate surface area is 161 Å². The minimum Gasteiger partial charge on any atom is -0.467 e. The Morgan fingerprint density at radius 2 is 1.63 bits per heavy atom. The molecule has 0 unspecified atom stereocenters. The molecule has 0 fully saturated rings. The van der Waals surface area contributed by atoms with E-state index >= 15 is 0 Å². The number of carbonyl (C=O) groups excluding carboxylic acids is 1. The lowest BCUT2D eigenvalue weighted by molar-refractivity contribution is 0.0733. The second-order valence-electron chi connectivity index (χ2n) is 6.84. The maximum absolute atomic E-state index is 13.1. The predicted octanol–water partition coefficient (Wildman–Crippen LogP) is 5.51. The maximum Gasteiger partial charge on any atom is 0.254 e. The van der Waals surface area contributed by atoms with Gasteiger partial charge in [-0.25, -0.2) is 0 Å². The van der Waals surface area contributed by atoms with Crippen molar-refractivity contribution in [2.75, 3.05) is 6.54 Å². The fourth-order valence-corrected chi connectivity index (χ4v) is 3.13. The first-order valence-electron chi connectivity index (χ1n) is 9.71. The predicted molar refractivity (Wildman–Crippen MR) is 109 cm³/mol. The summed E-state index contributed by atoms with van der Waals surface area (Å²) in [6.07, 6.45) is 5.89. The molecule has 3 heteroatoms. The topological polar surface area (TPSA) is 33.5 Å². The van der Waals surface area contributed by atoms with Crippen LogP contribution in [0.5, 0.6) is 0 Å². The zero-order valence-electron chi connectivity index (χ0n) is 15.9. The van der Waals surface area contributed by atoms with Gasteiger partial charge in [-0.05, 0) is 54.7 Å². The van der Waals surface area contributed by atoms with E-state index in [1.807, 2.05) is 47.4 Å². The van der Waals surface area contributed by atoms with E-state index in [0.29, 0.717) is 13.1 Å². The van der Waals surface area contributed by atoms with Crippen LogP contribution in [0.25, 0.3) is 0 Å². The van der Waals surface area contributed by atoms with E-state index < -0.39 is 0 Å². The average Bonchev–Trinajstić information content (AvgIpc) is 3.23. The van der Waals surface area contributed by atoms with Crippen LogP contribution >= 0.6 is 0 Å².